The van der Waals surface area contributed by atoms with E-state index in [2.05, 4.69) is 20.7 Å². The third-order valence-electron chi connectivity index (χ3n) is 1.87. The van der Waals surface area contributed by atoms with E-state index in [4.69, 9.17) is 4.42 Å². The molecule has 0 aliphatic rings. The van der Waals surface area contributed by atoms with Gasteiger partial charge >= 0.3 is 5.97 Å². The number of carbonyl (C=O) groups excluding carboxylic acids is 1. The summed E-state index contributed by atoms with van der Waals surface area (Å²) < 4.78 is 10.8. The van der Waals surface area contributed by atoms with Crippen molar-refractivity contribution in [2.75, 3.05) is 7.11 Å². The monoisotopic (exact) mass is 254 g/mol. The quantitative estimate of drug-likeness (QED) is 0.735. The van der Waals surface area contributed by atoms with Gasteiger partial charge in [0.1, 0.15) is 5.58 Å². The molecule has 0 bridgehead atoms. The van der Waals surface area contributed by atoms with Gasteiger partial charge in [0.15, 0.2) is 0 Å². The first kappa shape index (κ1) is 9.27. The summed E-state index contributed by atoms with van der Waals surface area (Å²) in [7, 11) is 1.32. The Labute approximate surface area is 88.8 Å². The smallest absolute Gasteiger partial charge is 0.373 e. The zero-order chi connectivity index (χ0) is 10.1. The van der Waals surface area contributed by atoms with Crippen LogP contribution < -0.4 is 0 Å². The number of benzene rings is 1. The molecular formula is C10H7BrO3. The van der Waals surface area contributed by atoms with Crippen molar-refractivity contribution in [2.24, 2.45) is 0 Å². The lowest BCUT2D eigenvalue weighted by molar-refractivity contribution is 0.0567. The molecule has 1 heterocycles. The summed E-state index contributed by atoms with van der Waals surface area (Å²) in [6.07, 6.45) is 0. The van der Waals surface area contributed by atoms with Gasteiger partial charge in [-0.15, -0.1) is 0 Å². The van der Waals surface area contributed by atoms with Crippen LogP contribution in [0.4, 0.5) is 0 Å². The van der Waals surface area contributed by atoms with E-state index < -0.39 is 5.97 Å². The van der Waals surface area contributed by atoms with Crippen molar-refractivity contribution >= 4 is 32.9 Å². The Kier molecular flexibility index (Phi) is 2.29. The van der Waals surface area contributed by atoms with Crippen LogP contribution in [-0.4, -0.2) is 13.1 Å². The fourth-order valence-electron chi connectivity index (χ4n) is 1.21. The molecule has 14 heavy (non-hydrogen) atoms. The van der Waals surface area contributed by atoms with Crippen LogP contribution in [0.5, 0.6) is 0 Å². The molecule has 1 aromatic carbocycles. The SMILES string of the molecule is COC(=O)c1cc2ccc(Br)cc2o1. The minimum atomic E-state index is -0.461. The van der Waals surface area contributed by atoms with E-state index in [1.165, 1.54) is 7.11 Å². The van der Waals surface area contributed by atoms with Gasteiger partial charge in [0.25, 0.3) is 0 Å². The van der Waals surface area contributed by atoms with Crippen LogP contribution in [0.25, 0.3) is 11.0 Å². The molecule has 4 heteroatoms. The van der Waals surface area contributed by atoms with Gasteiger partial charge in [-0.25, -0.2) is 4.79 Å². The molecule has 0 saturated carbocycles. The summed E-state index contributed by atoms with van der Waals surface area (Å²) in [6, 6.07) is 7.23. The van der Waals surface area contributed by atoms with Gasteiger partial charge in [-0.1, -0.05) is 15.9 Å². The third kappa shape index (κ3) is 1.53. The van der Waals surface area contributed by atoms with Crippen LogP contribution in [0.1, 0.15) is 10.6 Å². The highest BCUT2D eigenvalue weighted by Gasteiger charge is 2.11. The number of fused-ring (bicyclic) bond motifs is 1. The topological polar surface area (TPSA) is 39.4 Å². The second kappa shape index (κ2) is 3.46. The number of furan rings is 1. The fourth-order valence-corrected chi connectivity index (χ4v) is 1.55. The highest BCUT2D eigenvalue weighted by Crippen LogP contribution is 2.23. The Balaban J connectivity index is 2.56. The van der Waals surface area contributed by atoms with E-state index in [1.807, 2.05) is 18.2 Å². The summed E-state index contributed by atoms with van der Waals surface area (Å²) in [5.74, 6) is -0.238. The molecule has 0 spiro atoms. The molecule has 3 nitrogen and oxygen atoms in total. The van der Waals surface area contributed by atoms with Gasteiger partial charge < -0.3 is 9.15 Å². The van der Waals surface area contributed by atoms with Gasteiger partial charge in [-0.3, -0.25) is 0 Å². The summed E-state index contributed by atoms with van der Waals surface area (Å²) in [4.78, 5) is 11.1. The molecule has 2 aromatic rings. The first-order chi connectivity index (χ1) is 6.70. The molecule has 0 amide bonds. The molecule has 0 unspecified atom stereocenters. The maximum atomic E-state index is 11.1. The molecule has 2 rings (SSSR count). The highest BCUT2D eigenvalue weighted by atomic mass is 79.9. The van der Waals surface area contributed by atoms with Crippen LogP contribution in [0.3, 0.4) is 0 Å². The second-order valence-corrected chi connectivity index (χ2v) is 3.70. The lowest BCUT2D eigenvalue weighted by Crippen LogP contribution is -1.97. The Bertz CT molecular complexity index is 487. The third-order valence-corrected chi connectivity index (χ3v) is 2.36. The molecule has 0 radical (unpaired) electrons. The predicted molar refractivity (Wildman–Crippen MR) is 55.3 cm³/mol. The van der Waals surface area contributed by atoms with E-state index in [1.54, 1.807) is 6.07 Å². The lowest BCUT2D eigenvalue weighted by atomic mass is 10.2. The summed E-state index contributed by atoms with van der Waals surface area (Å²) in [5.41, 5.74) is 0.666. The van der Waals surface area contributed by atoms with Crippen LogP contribution in [0, 0.1) is 0 Å². The maximum Gasteiger partial charge on any atom is 0.373 e. The van der Waals surface area contributed by atoms with Crippen molar-refractivity contribution in [3.63, 3.8) is 0 Å². The van der Waals surface area contributed by atoms with E-state index >= 15 is 0 Å². The normalized spacial score (nSPS) is 10.4. The Hall–Kier alpha value is -1.29. The molecule has 0 saturated heterocycles. The van der Waals surface area contributed by atoms with E-state index in [0.29, 0.717) is 5.58 Å². The highest BCUT2D eigenvalue weighted by molar-refractivity contribution is 9.10. The van der Waals surface area contributed by atoms with Crippen molar-refractivity contribution in [3.8, 4) is 0 Å². The maximum absolute atomic E-state index is 11.1. The lowest BCUT2D eigenvalue weighted by Gasteiger charge is -1.91. The predicted octanol–water partition coefficient (Wildman–Crippen LogP) is 2.98. The minimum absolute atomic E-state index is 0.223. The van der Waals surface area contributed by atoms with Crippen molar-refractivity contribution in [3.05, 3.63) is 34.5 Å². The number of hydrogen-bond donors (Lipinski definition) is 0. The summed E-state index contributed by atoms with van der Waals surface area (Å²) >= 11 is 3.32. The van der Waals surface area contributed by atoms with Crippen molar-refractivity contribution in [1.82, 2.24) is 0 Å². The zero-order valence-corrected chi connectivity index (χ0v) is 9.00. The molecule has 0 aliphatic heterocycles. The van der Waals surface area contributed by atoms with Gasteiger partial charge in [-0.05, 0) is 24.3 Å². The molecule has 1 aromatic heterocycles. The molecular weight excluding hydrogens is 248 g/mol. The molecule has 0 atom stereocenters. The standard InChI is InChI=1S/C10H7BrO3/c1-13-10(12)9-4-6-2-3-7(11)5-8(6)14-9/h2-5H,1H3. The Morgan fingerprint density at radius 3 is 2.93 bits per heavy atom. The molecule has 72 valence electrons. The molecule has 0 N–H and O–H groups in total. The summed E-state index contributed by atoms with van der Waals surface area (Å²) in [6.45, 7) is 0. The Morgan fingerprint density at radius 1 is 1.43 bits per heavy atom. The van der Waals surface area contributed by atoms with E-state index in [-0.39, 0.29) is 5.76 Å². The number of hydrogen-bond acceptors (Lipinski definition) is 3. The van der Waals surface area contributed by atoms with E-state index in [9.17, 15) is 4.79 Å². The van der Waals surface area contributed by atoms with Gasteiger partial charge in [0.05, 0.1) is 7.11 Å². The number of ether oxygens (including phenoxy) is 1. The molecule has 0 fully saturated rings. The van der Waals surface area contributed by atoms with E-state index in [0.717, 1.165) is 9.86 Å². The number of esters is 1. The number of methoxy groups -OCH3 is 1. The van der Waals surface area contributed by atoms with Gasteiger partial charge in [0.2, 0.25) is 5.76 Å². The zero-order valence-electron chi connectivity index (χ0n) is 7.41. The van der Waals surface area contributed by atoms with Crippen molar-refractivity contribution in [1.29, 1.82) is 0 Å². The first-order valence-corrected chi connectivity index (χ1v) is 4.77. The number of rotatable bonds is 1. The average Bonchev–Trinajstić information content (AvgIpc) is 2.59. The fraction of sp³-hybridized carbons (Fsp3) is 0.100. The van der Waals surface area contributed by atoms with Gasteiger partial charge in [0, 0.05) is 9.86 Å². The first-order valence-electron chi connectivity index (χ1n) is 3.98. The minimum Gasteiger partial charge on any atom is -0.463 e. The van der Waals surface area contributed by atoms with Crippen LogP contribution in [-0.2, 0) is 4.74 Å². The molecule has 0 aliphatic carbocycles. The van der Waals surface area contributed by atoms with Gasteiger partial charge in [-0.2, -0.15) is 0 Å². The Morgan fingerprint density at radius 2 is 2.21 bits per heavy atom. The van der Waals surface area contributed by atoms with Crippen LogP contribution >= 0.6 is 15.9 Å². The average molecular weight is 255 g/mol. The van der Waals surface area contributed by atoms with Crippen molar-refractivity contribution < 1.29 is 13.9 Å². The second-order valence-electron chi connectivity index (χ2n) is 2.78. The van der Waals surface area contributed by atoms with Crippen molar-refractivity contribution in [2.45, 2.75) is 0 Å². The summed E-state index contributed by atoms with van der Waals surface area (Å²) in [5, 5.41) is 0.883. The van der Waals surface area contributed by atoms with Crippen LogP contribution in [0.15, 0.2) is 33.2 Å². The number of halogens is 1. The number of carbonyl (C=O) groups is 1. The largest absolute Gasteiger partial charge is 0.463 e. The van der Waals surface area contributed by atoms with Crippen LogP contribution in [0.2, 0.25) is 0 Å².